The summed E-state index contributed by atoms with van der Waals surface area (Å²) in [6.45, 7) is 0. The average Bonchev–Trinajstić information content (AvgIpc) is 2.37. The molecule has 0 aliphatic carbocycles. The van der Waals surface area contributed by atoms with Gasteiger partial charge in [-0.25, -0.2) is 0 Å². The summed E-state index contributed by atoms with van der Waals surface area (Å²) in [5.41, 5.74) is 2.27. The Morgan fingerprint density at radius 2 is 1.79 bits per heavy atom. The van der Waals surface area contributed by atoms with Gasteiger partial charge >= 0.3 is 5.97 Å². The molecule has 2 N–H and O–H groups in total. The van der Waals surface area contributed by atoms with Gasteiger partial charge in [-0.1, -0.05) is 41.4 Å². The monoisotopic (exact) mass is 295 g/mol. The standard InChI is InChI=1S/C14H11Cl2NO2/c15-11-2-1-3-12(14(11)16)17-10-6-4-9(5-7-10)8-13(18)19/h1-7,17H,8H2,(H,18,19). The van der Waals surface area contributed by atoms with Gasteiger partial charge in [-0.3, -0.25) is 4.79 Å². The highest BCUT2D eigenvalue weighted by atomic mass is 35.5. The van der Waals surface area contributed by atoms with E-state index in [4.69, 9.17) is 28.3 Å². The molecule has 5 heteroatoms. The molecule has 0 aliphatic rings. The van der Waals surface area contributed by atoms with Crippen LogP contribution in [0.15, 0.2) is 42.5 Å². The first-order valence-electron chi connectivity index (χ1n) is 5.58. The van der Waals surface area contributed by atoms with Crippen LogP contribution in [0.3, 0.4) is 0 Å². The zero-order chi connectivity index (χ0) is 13.8. The Morgan fingerprint density at radius 1 is 1.11 bits per heavy atom. The second-order valence-electron chi connectivity index (χ2n) is 3.99. The number of nitrogens with one attached hydrogen (secondary N) is 1. The molecule has 0 fully saturated rings. The second-order valence-corrected chi connectivity index (χ2v) is 4.78. The molecule has 0 radical (unpaired) electrons. The van der Waals surface area contributed by atoms with Crippen molar-refractivity contribution in [3.8, 4) is 0 Å². The van der Waals surface area contributed by atoms with Crippen molar-refractivity contribution in [1.29, 1.82) is 0 Å². The molecule has 0 spiro atoms. The molecule has 0 aromatic heterocycles. The molecule has 0 saturated carbocycles. The lowest BCUT2D eigenvalue weighted by atomic mass is 10.1. The van der Waals surface area contributed by atoms with Gasteiger partial charge in [0.15, 0.2) is 0 Å². The first-order chi connectivity index (χ1) is 9.06. The molecule has 2 aromatic carbocycles. The van der Waals surface area contributed by atoms with E-state index in [2.05, 4.69) is 5.32 Å². The van der Waals surface area contributed by atoms with Crippen LogP contribution in [-0.2, 0) is 11.2 Å². The summed E-state index contributed by atoms with van der Waals surface area (Å²) >= 11 is 12.0. The molecule has 0 aliphatic heterocycles. The highest BCUT2D eigenvalue weighted by Gasteiger charge is 2.05. The number of rotatable bonds is 4. The quantitative estimate of drug-likeness (QED) is 0.881. The smallest absolute Gasteiger partial charge is 0.307 e. The third-order valence-electron chi connectivity index (χ3n) is 2.54. The van der Waals surface area contributed by atoms with Crippen molar-refractivity contribution in [3.05, 3.63) is 58.1 Å². The van der Waals surface area contributed by atoms with Crippen LogP contribution in [0.4, 0.5) is 11.4 Å². The Kier molecular flexibility index (Phi) is 4.30. The van der Waals surface area contributed by atoms with Crippen LogP contribution < -0.4 is 5.32 Å². The highest BCUT2D eigenvalue weighted by Crippen LogP contribution is 2.31. The minimum Gasteiger partial charge on any atom is -0.481 e. The number of benzene rings is 2. The molecule has 19 heavy (non-hydrogen) atoms. The Balaban J connectivity index is 2.15. The second kappa shape index (κ2) is 5.95. The molecule has 0 atom stereocenters. The van der Waals surface area contributed by atoms with Crippen LogP contribution in [0.2, 0.25) is 10.0 Å². The maximum Gasteiger partial charge on any atom is 0.307 e. The van der Waals surface area contributed by atoms with E-state index in [9.17, 15) is 4.79 Å². The number of hydrogen-bond acceptors (Lipinski definition) is 2. The van der Waals surface area contributed by atoms with Gasteiger partial charge in [-0.05, 0) is 29.8 Å². The van der Waals surface area contributed by atoms with Gasteiger partial charge < -0.3 is 10.4 Å². The van der Waals surface area contributed by atoms with Crippen LogP contribution in [0.25, 0.3) is 0 Å². The van der Waals surface area contributed by atoms with Crippen LogP contribution in [-0.4, -0.2) is 11.1 Å². The van der Waals surface area contributed by atoms with E-state index >= 15 is 0 Å². The van der Waals surface area contributed by atoms with Crippen molar-refractivity contribution in [2.75, 3.05) is 5.32 Å². The van der Waals surface area contributed by atoms with Crippen LogP contribution in [0.5, 0.6) is 0 Å². The zero-order valence-corrected chi connectivity index (χ0v) is 11.4. The van der Waals surface area contributed by atoms with E-state index < -0.39 is 5.97 Å². The fourth-order valence-corrected chi connectivity index (χ4v) is 1.98. The first kappa shape index (κ1) is 13.7. The number of hydrogen-bond donors (Lipinski definition) is 2. The SMILES string of the molecule is O=C(O)Cc1ccc(Nc2cccc(Cl)c2Cl)cc1. The number of carboxylic acids is 1. The molecule has 2 rings (SSSR count). The van der Waals surface area contributed by atoms with Crippen molar-refractivity contribution < 1.29 is 9.90 Å². The van der Waals surface area contributed by atoms with Gasteiger partial charge in [0, 0.05) is 5.69 Å². The minimum absolute atomic E-state index is 0.0121. The number of halogens is 2. The number of anilines is 2. The Morgan fingerprint density at radius 3 is 2.42 bits per heavy atom. The van der Waals surface area contributed by atoms with Crippen molar-refractivity contribution in [2.45, 2.75) is 6.42 Å². The maximum atomic E-state index is 10.6. The van der Waals surface area contributed by atoms with E-state index in [1.165, 1.54) is 0 Å². The van der Waals surface area contributed by atoms with E-state index in [1.807, 2.05) is 6.07 Å². The zero-order valence-electron chi connectivity index (χ0n) is 9.86. The summed E-state index contributed by atoms with van der Waals surface area (Å²) in [6, 6.07) is 12.5. The first-order valence-corrected chi connectivity index (χ1v) is 6.33. The molecule has 2 aromatic rings. The van der Waals surface area contributed by atoms with Gasteiger partial charge in [0.25, 0.3) is 0 Å². The fourth-order valence-electron chi connectivity index (χ4n) is 1.64. The van der Waals surface area contributed by atoms with Crippen LogP contribution in [0.1, 0.15) is 5.56 Å². The predicted molar refractivity (Wildman–Crippen MR) is 77.5 cm³/mol. The lowest BCUT2D eigenvalue weighted by Crippen LogP contribution is -2.00. The van der Waals surface area contributed by atoms with Gasteiger partial charge in [-0.15, -0.1) is 0 Å². The molecular weight excluding hydrogens is 285 g/mol. The van der Waals surface area contributed by atoms with Crippen LogP contribution in [0, 0.1) is 0 Å². The number of aliphatic carboxylic acids is 1. The largest absolute Gasteiger partial charge is 0.481 e. The van der Waals surface area contributed by atoms with E-state index in [-0.39, 0.29) is 6.42 Å². The normalized spacial score (nSPS) is 10.2. The van der Waals surface area contributed by atoms with Gasteiger partial charge in [0.2, 0.25) is 0 Å². The minimum atomic E-state index is -0.849. The van der Waals surface area contributed by atoms with Crippen molar-refractivity contribution >= 4 is 40.5 Å². The molecule has 0 bridgehead atoms. The van der Waals surface area contributed by atoms with Crippen molar-refractivity contribution in [2.24, 2.45) is 0 Å². The topological polar surface area (TPSA) is 49.3 Å². The summed E-state index contributed by atoms with van der Waals surface area (Å²) in [5.74, 6) is -0.849. The Labute approximate surface area is 120 Å². The molecule has 0 saturated heterocycles. The maximum absolute atomic E-state index is 10.6. The summed E-state index contributed by atoms with van der Waals surface area (Å²) in [7, 11) is 0. The molecule has 98 valence electrons. The Bertz CT molecular complexity index is 597. The van der Waals surface area contributed by atoms with Gasteiger partial charge in [0.05, 0.1) is 22.2 Å². The number of carboxylic acid groups (broad SMARTS) is 1. The Hall–Kier alpha value is -1.71. The summed E-state index contributed by atoms with van der Waals surface area (Å²) in [4.78, 5) is 10.6. The average molecular weight is 296 g/mol. The molecule has 0 amide bonds. The van der Waals surface area contributed by atoms with Crippen molar-refractivity contribution in [3.63, 3.8) is 0 Å². The van der Waals surface area contributed by atoms with E-state index in [0.29, 0.717) is 15.7 Å². The summed E-state index contributed by atoms with van der Waals surface area (Å²) in [5, 5.41) is 12.8. The lowest BCUT2D eigenvalue weighted by molar-refractivity contribution is -0.136. The molecule has 3 nitrogen and oxygen atoms in total. The van der Waals surface area contributed by atoms with E-state index in [0.717, 1.165) is 11.3 Å². The number of carbonyl (C=O) groups is 1. The highest BCUT2D eigenvalue weighted by molar-refractivity contribution is 6.43. The third-order valence-corrected chi connectivity index (χ3v) is 3.36. The predicted octanol–water partition coefficient (Wildman–Crippen LogP) is 4.36. The molecule has 0 unspecified atom stereocenters. The van der Waals surface area contributed by atoms with Crippen LogP contribution >= 0.6 is 23.2 Å². The lowest BCUT2D eigenvalue weighted by Gasteiger charge is -2.09. The molecule has 0 heterocycles. The van der Waals surface area contributed by atoms with Gasteiger partial charge in [-0.2, -0.15) is 0 Å². The fraction of sp³-hybridized carbons (Fsp3) is 0.0714. The summed E-state index contributed by atoms with van der Waals surface area (Å²) in [6.07, 6.45) is 0.0121. The van der Waals surface area contributed by atoms with Gasteiger partial charge in [0.1, 0.15) is 0 Å². The van der Waals surface area contributed by atoms with E-state index in [1.54, 1.807) is 36.4 Å². The molecular formula is C14H11Cl2NO2. The summed E-state index contributed by atoms with van der Waals surface area (Å²) < 4.78 is 0. The third kappa shape index (κ3) is 3.63. The van der Waals surface area contributed by atoms with Crippen molar-refractivity contribution in [1.82, 2.24) is 0 Å².